The number of hydrogen-bond acceptors (Lipinski definition) is 4. The first-order chi connectivity index (χ1) is 12.2. The zero-order valence-electron chi connectivity index (χ0n) is 13.5. The van der Waals surface area contributed by atoms with Crippen LogP contribution in [-0.2, 0) is 4.79 Å². The van der Waals surface area contributed by atoms with Gasteiger partial charge in [0, 0.05) is 4.88 Å². The highest BCUT2D eigenvalue weighted by Gasteiger charge is 2.27. The lowest BCUT2D eigenvalue weighted by molar-refractivity contribution is -0.116. The number of carbonyl (C=O) groups is 2. The van der Waals surface area contributed by atoms with Crippen LogP contribution in [0.15, 0.2) is 41.8 Å². The second-order valence-electron chi connectivity index (χ2n) is 5.34. The monoisotopic (exact) mass is 386 g/mol. The molecule has 0 aliphatic carbocycles. The quantitative estimate of drug-likeness (QED) is 0.587. The number of benzene rings is 1. The number of rotatable bonds is 7. The zero-order valence-corrected chi connectivity index (χ0v) is 14.3. The normalized spacial score (nSPS) is 12.3. The van der Waals surface area contributed by atoms with E-state index in [1.165, 1.54) is 23.5 Å². The van der Waals surface area contributed by atoms with E-state index in [2.05, 4.69) is 16.0 Å². The molecular weight excluding hydrogens is 369 g/mol. The van der Waals surface area contributed by atoms with E-state index in [1.54, 1.807) is 29.6 Å². The van der Waals surface area contributed by atoms with E-state index in [0.29, 0.717) is 0 Å². The van der Waals surface area contributed by atoms with E-state index in [-0.39, 0.29) is 17.8 Å². The summed E-state index contributed by atoms with van der Waals surface area (Å²) in [6, 6.07) is 8.18. The van der Waals surface area contributed by atoms with Crippen molar-refractivity contribution in [1.29, 1.82) is 0 Å². The lowest BCUT2D eigenvalue weighted by atomic mass is 10.1. The Kier molecular flexibility index (Phi) is 6.45. The molecule has 5 N–H and O–H groups in total. The first-order valence-corrected chi connectivity index (χ1v) is 8.41. The summed E-state index contributed by atoms with van der Waals surface area (Å²) in [4.78, 5) is 24.2. The van der Waals surface area contributed by atoms with Crippen LogP contribution in [0.25, 0.3) is 0 Å². The number of halogens is 3. The summed E-state index contributed by atoms with van der Waals surface area (Å²) in [6.07, 6.45) is -4.50. The highest BCUT2D eigenvalue weighted by Crippen LogP contribution is 2.26. The van der Waals surface area contributed by atoms with Crippen LogP contribution in [0, 0.1) is 0 Å². The highest BCUT2D eigenvalue weighted by molar-refractivity contribution is 7.10. The van der Waals surface area contributed by atoms with Crippen molar-refractivity contribution in [3.63, 3.8) is 0 Å². The molecule has 2 rings (SSSR count). The number of nitrogens with one attached hydrogen (secondary N) is 3. The Balaban J connectivity index is 2.05. The molecule has 0 saturated carbocycles. The van der Waals surface area contributed by atoms with Gasteiger partial charge in [0.15, 0.2) is 0 Å². The molecule has 140 valence electrons. The molecule has 1 aromatic heterocycles. The maximum absolute atomic E-state index is 12.4. The summed E-state index contributed by atoms with van der Waals surface area (Å²) in [5.74, 6) is -0.474. The Morgan fingerprint density at radius 1 is 1.12 bits per heavy atom. The van der Waals surface area contributed by atoms with Gasteiger partial charge in [0.05, 0.1) is 23.8 Å². The molecule has 0 radical (unpaired) electrons. The number of urea groups is 1. The third-order valence-corrected chi connectivity index (χ3v) is 4.26. The standard InChI is InChI=1S/C16H17F3N4O2S/c17-16(18,19)9-21-10-4-1-2-5-11(10)22-14(24)8-12(23-15(20)25)13-6-3-7-26-13/h1-7,12,21H,8-9H2,(H,22,24)(H3,20,23,25). The Hall–Kier alpha value is -2.75. The van der Waals surface area contributed by atoms with E-state index in [9.17, 15) is 22.8 Å². The molecule has 26 heavy (non-hydrogen) atoms. The number of primary amides is 1. The molecule has 0 fully saturated rings. The number of thiophene rings is 1. The van der Waals surface area contributed by atoms with Crippen molar-refractivity contribution in [2.75, 3.05) is 17.2 Å². The fraction of sp³-hybridized carbons (Fsp3) is 0.250. The van der Waals surface area contributed by atoms with Gasteiger partial charge in [-0.2, -0.15) is 13.2 Å². The minimum Gasteiger partial charge on any atom is -0.375 e. The molecule has 1 aromatic carbocycles. The van der Waals surface area contributed by atoms with Gasteiger partial charge in [0.2, 0.25) is 5.91 Å². The molecule has 0 saturated heterocycles. The van der Waals surface area contributed by atoms with Gasteiger partial charge in [-0.15, -0.1) is 11.3 Å². The van der Waals surface area contributed by atoms with Gasteiger partial charge in [0.25, 0.3) is 0 Å². The number of carbonyl (C=O) groups excluding carboxylic acids is 2. The zero-order chi connectivity index (χ0) is 19.2. The molecule has 0 spiro atoms. The molecule has 2 aromatic rings. The maximum Gasteiger partial charge on any atom is 0.405 e. The van der Waals surface area contributed by atoms with Crippen LogP contribution in [0.1, 0.15) is 17.3 Å². The van der Waals surface area contributed by atoms with Crippen LogP contribution in [0.5, 0.6) is 0 Å². The summed E-state index contributed by atoms with van der Waals surface area (Å²) < 4.78 is 37.2. The number of para-hydroxylation sites is 2. The fourth-order valence-corrected chi connectivity index (χ4v) is 2.99. The smallest absolute Gasteiger partial charge is 0.375 e. The van der Waals surface area contributed by atoms with E-state index in [4.69, 9.17) is 5.73 Å². The average Bonchev–Trinajstić information content (AvgIpc) is 3.06. The molecule has 0 aliphatic rings. The molecule has 6 nitrogen and oxygen atoms in total. The first kappa shape index (κ1) is 19.6. The van der Waals surface area contributed by atoms with E-state index >= 15 is 0 Å². The predicted molar refractivity (Wildman–Crippen MR) is 94.0 cm³/mol. The Morgan fingerprint density at radius 2 is 1.81 bits per heavy atom. The lowest BCUT2D eigenvalue weighted by Crippen LogP contribution is -2.35. The van der Waals surface area contributed by atoms with Crippen LogP contribution < -0.4 is 21.7 Å². The number of alkyl halides is 3. The van der Waals surface area contributed by atoms with Crippen LogP contribution in [0.4, 0.5) is 29.3 Å². The van der Waals surface area contributed by atoms with Crippen molar-refractivity contribution < 1.29 is 22.8 Å². The number of hydrogen-bond donors (Lipinski definition) is 4. The summed E-state index contributed by atoms with van der Waals surface area (Å²) in [5.41, 5.74) is 5.50. The third kappa shape index (κ3) is 6.28. The van der Waals surface area contributed by atoms with Crippen LogP contribution >= 0.6 is 11.3 Å². The molecule has 10 heteroatoms. The molecule has 0 aliphatic heterocycles. The molecule has 1 atom stereocenters. The molecule has 1 heterocycles. The van der Waals surface area contributed by atoms with Gasteiger partial charge in [-0.05, 0) is 23.6 Å². The maximum atomic E-state index is 12.4. The van der Waals surface area contributed by atoms with Crippen molar-refractivity contribution in [2.24, 2.45) is 5.73 Å². The van der Waals surface area contributed by atoms with Gasteiger partial charge in [-0.3, -0.25) is 4.79 Å². The molecule has 1 unspecified atom stereocenters. The summed E-state index contributed by atoms with van der Waals surface area (Å²) in [5, 5.41) is 9.07. The molecule has 3 amide bonds. The van der Waals surface area contributed by atoms with Crippen LogP contribution in [-0.4, -0.2) is 24.7 Å². The molecule has 0 bridgehead atoms. The summed E-state index contributed by atoms with van der Waals surface area (Å²) >= 11 is 1.35. The van der Waals surface area contributed by atoms with E-state index < -0.39 is 30.7 Å². The Bertz CT molecular complexity index is 750. The van der Waals surface area contributed by atoms with Crippen molar-refractivity contribution in [1.82, 2.24) is 5.32 Å². The third-order valence-electron chi connectivity index (χ3n) is 3.27. The topological polar surface area (TPSA) is 96.2 Å². The van der Waals surface area contributed by atoms with Crippen molar-refractivity contribution >= 4 is 34.6 Å². The SMILES string of the molecule is NC(=O)NC(CC(=O)Nc1ccccc1NCC(F)(F)F)c1cccs1. The molecular formula is C16H17F3N4O2S. The number of anilines is 2. The Labute approximate surface area is 151 Å². The van der Waals surface area contributed by atoms with Crippen molar-refractivity contribution in [3.8, 4) is 0 Å². The second kappa shape index (κ2) is 8.56. The lowest BCUT2D eigenvalue weighted by Gasteiger charge is -2.17. The second-order valence-corrected chi connectivity index (χ2v) is 6.32. The van der Waals surface area contributed by atoms with Crippen LogP contribution in [0.2, 0.25) is 0 Å². The first-order valence-electron chi connectivity index (χ1n) is 7.53. The van der Waals surface area contributed by atoms with Crippen LogP contribution in [0.3, 0.4) is 0 Å². The summed E-state index contributed by atoms with van der Waals surface area (Å²) in [6.45, 7) is -1.22. The fourth-order valence-electron chi connectivity index (χ4n) is 2.21. The minimum absolute atomic E-state index is 0.114. The van der Waals surface area contributed by atoms with Gasteiger partial charge < -0.3 is 21.7 Å². The van der Waals surface area contributed by atoms with E-state index in [0.717, 1.165) is 4.88 Å². The van der Waals surface area contributed by atoms with Gasteiger partial charge in [0.1, 0.15) is 6.54 Å². The van der Waals surface area contributed by atoms with Gasteiger partial charge in [-0.25, -0.2) is 4.79 Å². The van der Waals surface area contributed by atoms with E-state index in [1.807, 2.05) is 0 Å². The predicted octanol–water partition coefficient (Wildman–Crippen LogP) is 3.46. The minimum atomic E-state index is -4.38. The van der Waals surface area contributed by atoms with Crippen molar-refractivity contribution in [3.05, 3.63) is 46.7 Å². The van der Waals surface area contributed by atoms with Gasteiger partial charge >= 0.3 is 12.2 Å². The Morgan fingerprint density at radius 3 is 2.38 bits per heavy atom. The number of nitrogens with two attached hydrogens (primary N) is 1. The average molecular weight is 386 g/mol. The highest BCUT2D eigenvalue weighted by atomic mass is 32.1. The largest absolute Gasteiger partial charge is 0.405 e. The van der Waals surface area contributed by atoms with Crippen molar-refractivity contribution in [2.45, 2.75) is 18.6 Å². The number of amides is 3. The van der Waals surface area contributed by atoms with Gasteiger partial charge in [-0.1, -0.05) is 18.2 Å². The summed E-state index contributed by atoms with van der Waals surface area (Å²) in [7, 11) is 0.